The van der Waals surface area contributed by atoms with Crippen LogP contribution in [0.5, 0.6) is 0 Å². The summed E-state index contributed by atoms with van der Waals surface area (Å²) in [7, 11) is 1.69. The largest absolute Gasteiger partial charge is 0.367 e. The Morgan fingerprint density at radius 2 is 1.83 bits per heavy atom. The third-order valence-corrected chi connectivity index (χ3v) is 6.14. The molecule has 0 bridgehead atoms. The highest BCUT2D eigenvalue weighted by molar-refractivity contribution is 5.98. The molecule has 11 heteroatoms. The van der Waals surface area contributed by atoms with Gasteiger partial charge in [-0.05, 0) is 43.5 Å². The number of rotatable bonds is 5. The fourth-order valence-corrected chi connectivity index (χ4v) is 4.36. The van der Waals surface area contributed by atoms with E-state index in [0.717, 1.165) is 31.4 Å². The molecule has 0 radical (unpaired) electrons. The molecule has 1 aliphatic rings. The van der Waals surface area contributed by atoms with Crippen molar-refractivity contribution in [3.63, 3.8) is 0 Å². The number of nitrogens with zero attached hydrogens (tertiary/aromatic N) is 6. The SMILES string of the molecule is Cn1nnc(C(=O)N2CCCC[C@H]2CNc2cnc3cc(F)c(F)cc3n2)c1-c1ccc(F)cc1. The lowest BCUT2D eigenvalue weighted by atomic mass is 10.0. The van der Waals surface area contributed by atoms with Crippen LogP contribution in [0.3, 0.4) is 0 Å². The van der Waals surface area contributed by atoms with Gasteiger partial charge < -0.3 is 10.2 Å². The molecular formula is C24H22F3N7O. The summed E-state index contributed by atoms with van der Waals surface area (Å²) in [5.41, 5.74) is 1.84. The summed E-state index contributed by atoms with van der Waals surface area (Å²) in [4.78, 5) is 23.8. The van der Waals surface area contributed by atoms with Crippen LogP contribution in [0.15, 0.2) is 42.6 Å². The highest BCUT2D eigenvalue weighted by atomic mass is 19.2. The van der Waals surface area contributed by atoms with Gasteiger partial charge in [-0.3, -0.25) is 9.78 Å². The first kappa shape index (κ1) is 22.8. The van der Waals surface area contributed by atoms with Crippen LogP contribution >= 0.6 is 0 Å². The summed E-state index contributed by atoms with van der Waals surface area (Å²) in [5, 5.41) is 11.3. The van der Waals surface area contributed by atoms with Crippen molar-refractivity contribution < 1.29 is 18.0 Å². The maximum atomic E-state index is 13.6. The van der Waals surface area contributed by atoms with Crippen molar-refractivity contribution in [1.82, 2.24) is 29.9 Å². The van der Waals surface area contributed by atoms with E-state index in [2.05, 4.69) is 25.6 Å². The number of carbonyl (C=O) groups excluding carboxylic acids is 1. The Bertz CT molecular complexity index is 1390. The first-order chi connectivity index (χ1) is 16.9. The highest BCUT2D eigenvalue weighted by Gasteiger charge is 2.31. The lowest BCUT2D eigenvalue weighted by Crippen LogP contribution is -2.47. The number of likely N-dealkylation sites (tertiary alicyclic amines) is 1. The minimum atomic E-state index is -0.992. The van der Waals surface area contributed by atoms with Gasteiger partial charge in [0.1, 0.15) is 17.3 Å². The zero-order valence-electron chi connectivity index (χ0n) is 18.9. The Morgan fingerprint density at radius 1 is 1.09 bits per heavy atom. The number of aryl methyl sites for hydroxylation is 1. The average Bonchev–Trinajstić information content (AvgIpc) is 3.25. The number of halogens is 3. The Kier molecular flexibility index (Phi) is 6.06. The number of hydrogen-bond acceptors (Lipinski definition) is 6. The molecule has 5 rings (SSSR count). The Balaban J connectivity index is 1.36. The molecule has 0 unspecified atom stereocenters. The van der Waals surface area contributed by atoms with E-state index in [1.54, 1.807) is 24.1 Å². The van der Waals surface area contributed by atoms with Gasteiger partial charge in [0.15, 0.2) is 17.3 Å². The van der Waals surface area contributed by atoms with Gasteiger partial charge in [-0.15, -0.1) is 5.10 Å². The van der Waals surface area contributed by atoms with E-state index in [1.165, 1.54) is 23.0 Å². The van der Waals surface area contributed by atoms with Crippen LogP contribution in [0.2, 0.25) is 0 Å². The molecule has 2 aromatic heterocycles. The summed E-state index contributed by atoms with van der Waals surface area (Å²) >= 11 is 0. The normalized spacial score (nSPS) is 16.0. The van der Waals surface area contributed by atoms with Gasteiger partial charge in [-0.25, -0.2) is 22.8 Å². The average molecular weight is 481 g/mol. The second-order valence-corrected chi connectivity index (χ2v) is 8.46. The molecule has 1 N–H and O–H groups in total. The zero-order valence-corrected chi connectivity index (χ0v) is 18.9. The number of anilines is 1. The third kappa shape index (κ3) is 4.53. The number of hydrogen-bond donors (Lipinski definition) is 1. The molecule has 35 heavy (non-hydrogen) atoms. The Morgan fingerprint density at radius 3 is 2.60 bits per heavy atom. The van der Waals surface area contributed by atoms with Gasteiger partial charge in [-0.2, -0.15) is 0 Å². The number of fused-ring (bicyclic) bond motifs is 1. The number of piperidine rings is 1. The summed E-state index contributed by atoms with van der Waals surface area (Å²) in [5.74, 6) is -2.20. The fourth-order valence-electron chi connectivity index (χ4n) is 4.36. The molecule has 4 aromatic rings. The number of amides is 1. The van der Waals surface area contributed by atoms with E-state index in [0.29, 0.717) is 30.2 Å². The third-order valence-electron chi connectivity index (χ3n) is 6.14. The number of carbonyl (C=O) groups is 1. The molecule has 0 spiro atoms. The van der Waals surface area contributed by atoms with Crippen LogP contribution in [-0.2, 0) is 7.05 Å². The van der Waals surface area contributed by atoms with E-state index in [4.69, 9.17) is 0 Å². The second-order valence-electron chi connectivity index (χ2n) is 8.46. The molecule has 180 valence electrons. The first-order valence-corrected chi connectivity index (χ1v) is 11.2. The van der Waals surface area contributed by atoms with Gasteiger partial charge in [0.25, 0.3) is 5.91 Å². The molecule has 0 aliphatic carbocycles. The Labute approximate surface area is 198 Å². The zero-order chi connectivity index (χ0) is 24.5. The van der Waals surface area contributed by atoms with Crippen molar-refractivity contribution in [2.45, 2.75) is 25.3 Å². The van der Waals surface area contributed by atoms with Crippen LogP contribution < -0.4 is 5.32 Å². The molecular weight excluding hydrogens is 459 g/mol. The summed E-state index contributed by atoms with van der Waals surface area (Å²) in [6, 6.07) is 7.69. The summed E-state index contributed by atoms with van der Waals surface area (Å²) in [6.45, 7) is 0.945. The lowest BCUT2D eigenvalue weighted by Gasteiger charge is -2.35. The van der Waals surface area contributed by atoms with Crippen molar-refractivity contribution in [2.75, 3.05) is 18.4 Å². The van der Waals surface area contributed by atoms with Crippen molar-refractivity contribution >= 4 is 22.8 Å². The summed E-state index contributed by atoms with van der Waals surface area (Å²) in [6.07, 6.45) is 4.03. The van der Waals surface area contributed by atoms with Gasteiger partial charge in [-0.1, -0.05) is 5.21 Å². The topological polar surface area (TPSA) is 88.8 Å². The van der Waals surface area contributed by atoms with Crippen molar-refractivity contribution in [2.24, 2.45) is 7.05 Å². The molecule has 1 saturated heterocycles. The van der Waals surface area contributed by atoms with Crippen molar-refractivity contribution in [1.29, 1.82) is 0 Å². The minimum Gasteiger partial charge on any atom is -0.367 e. The van der Waals surface area contributed by atoms with Gasteiger partial charge >= 0.3 is 0 Å². The van der Waals surface area contributed by atoms with Crippen molar-refractivity contribution in [3.05, 3.63) is 65.7 Å². The van der Waals surface area contributed by atoms with Crippen LogP contribution in [0, 0.1) is 17.5 Å². The molecule has 2 aromatic carbocycles. The molecule has 1 fully saturated rings. The first-order valence-electron chi connectivity index (χ1n) is 11.2. The summed E-state index contributed by atoms with van der Waals surface area (Å²) < 4.78 is 41.9. The van der Waals surface area contributed by atoms with E-state index >= 15 is 0 Å². The molecule has 3 heterocycles. The fraction of sp³-hybridized carbons (Fsp3) is 0.292. The van der Waals surface area contributed by atoms with E-state index in [-0.39, 0.29) is 34.5 Å². The lowest BCUT2D eigenvalue weighted by molar-refractivity contribution is 0.0623. The second kappa shape index (κ2) is 9.32. The number of nitrogens with one attached hydrogen (secondary N) is 1. The smallest absolute Gasteiger partial charge is 0.277 e. The predicted octanol–water partition coefficient (Wildman–Crippen LogP) is 3.95. The molecule has 0 saturated carbocycles. The molecule has 1 amide bonds. The van der Waals surface area contributed by atoms with Crippen LogP contribution in [0.4, 0.5) is 19.0 Å². The quantitative estimate of drug-likeness (QED) is 0.465. The number of aromatic nitrogens is 5. The highest BCUT2D eigenvalue weighted by Crippen LogP contribution is 2.26. The molecule has 1 atom stereocenters. The minimum absolute atomic E-state index is 0.151. The Hall–Kier alpha value is -4.02. The van der Waals surface area contributed by atoms with Gasteiger partial charge in [0.2, 0.25) is 0 Å². The predicted molar refractivity (Wildman–Crippen MR) is 123 cm³/mol. The van der Waals surface area contributed by atoms with Crippen molar-refractivity contribution in [3.8, 4) is 11.3 Å². The monoisotopic (exact) mass is 481 g/mol. The van der Waals surface area contributed by atoms with E-state index < -0.39 is 11.6 Å². The molecule has 1 aliphatic heterocycles. The molecule has 8 nitrogen and oxygen atoms in total. The standard InChI is InChI=1S/C24H22F3N7O/c1-33-23(14-5-7-15(25)8-6-14)22(31-32-33)24(35)34-9-3-2-4-16(34)12-29-21-13-28-19-10-17(26)18(27)11-20(19)30-21/h5-8,10-11,13,16H,2-4,9,12H2,1H3,(H,29,30)/t16-/m0/s1. The van der Waals surface area contributed by atoms with Crippen LogP contribution in [0.25, 0.3) is 22.3 Å². The van der Waals surface area contributed by atoms with Gasteiger partial charge in [0.05, 0.1) is 17.2 Å². The van der Waals surface area contributed by atoms with E-state index in [1.807, 2.05) is 0 Å². The maximum Gasteiger partial charge on any atom is 0.277 e. The van der Waals surface area contributed by atoms with Gasteiger partial charge in [0, 0.05) is 43.9 Å². The maximum absolute atomic E-state index is 13.6. The van der Waals surface area contributed by atoms with Crippen LogP contribution in [0.1, 0.15) is 29.8 Å². The van der Waals surface area contributed by atoms with E-state index in [9.17, 15) is 18.0 Å². The number of benzene rings is 2. The van der Waals surface area contributed by atoms with Crippen LogP contribution in [-0.4, -0.2) is 54.9 Å².